The molecule has 1 amide bonds. The van der Waals surface area contributed by atoms with Crippen LogP contribution in [0.25, 0.3) is 0 Å². The van der Waals surface area contributed by atoms with Gasteiger partial charge < -0.3 is 29.6 Å². The summed E-state index contributed by atoms with van der Waals surface area (Å²) >= 11 is 12.3. The Morgan fingerprint density at radius 2 is 1.68 bits per heavy atom. The normalized spacial score (nSPS) is 19.3. The monoisotopic (exact) mass is 561 g/mol. The molecule has 9 nitrogen and oxygen atoms in total. The van der Waals surface area contributed by atoms with Crippen LogP contribution in [0.4, 0.5) is 0 Å². The number of halogens is 2. The number of aliphatic carboxylic acids is 1. The molecule has 4 rings (SSSR count). The third kappa shape index (κ3) is 7.55. The summed E-state index contributed by atoms with van der Waals surface area (Å²) in [6, 6.07) is 15.2. The molecule has 1 saturated heterocycles. The molecule has 0 unspecified atom stereocenters. The number of hydrogen-bond acceptors (Lipinski definition) is 6. The maximum Gasteiger partial charge on any atom is 0.303 e. The predicted molar refractivity (Wildman–Crippen MR) is 140 cm³/mol. The SMILES string of the molecule is O=C(O)CCCC(=O)NCc1ccc([C@@H]2O[C@H](Cn3cnc(Cl)c3Cl)C[C@H](c3ccc(CO)cc3)O2)cc1. The third-order valence-corrected chi connectivity index (χ3v) is 7.05. The van der Waals surface area contributed by atoms with E-state index in [4.69, 9.17) is 37.8 Å². The van der Waals surface area contributed by atoms with Crippen LogP contribution >= 0.6 is 23.2 Å². The topological polar surface area (TPSA) is 123 Å². The van der Waals surface area contributed by atoms with Gasteiger partial charge in [-0.3, -0.25) is 9.59 Å². The number of ether oxygens (including phenoxy) is 2. The fourth-order valence-electron chi connectivity index (χ4n) is 4.20. The van der Waals surface area contributed by atoms with Crippen LogP contribution < -0.4 is 5.32 Å². The van der Waals surface area contributed by atoms with Gasteiger partial charge in [0.2, 0.25) is 5.91 Å². The Morgan fingerprint density at radius 1 is 1.00 bits per heavy atom. The zero-order valence-electron chi connectivity index (χ0n) is 20.6. The quantitative estimate of drug-likeness (QED) is 0.307. The van der Waals surface area contributed by atoms with Gasteiger partial charge in [0.05, 0.1) is 31.7 Å². The second kappa shape index (κ2) is 13.2. The molecule has 38 heavy (non-hydrogen) atoms. The Labute approximate surface area is 230 Å². The van der Waals surface area contributed by atoms with Crippen LogP contribution in [-0.4, -0.2) is 37.7 Å². The number of carbonyl (C=O) groups is 2. The molecule has 0 bridgehead atoms. The van der Waals surface area contributed by atoms with Crippen molar-refractivity contribution in [2.75, 3.05) is 0 Å². The highest BCUT2D eigenvalue weighted by Gasteiger charge is 2.32. The van der Waals surface area contributed by atoms with Crippen molar-refractivity contribution in [1.29, 1.82) is 0 Å². The Morgan fingerprint density at radius 3 is 2.32 bits per heavy atom. The highest BCUT2D eigenvalue weighted by Crippen LogP contribution is 2.39. The lowest BCUT2D eigenvalue weighted by Gasteiger charge is -2.36. The molecular weight excluding hydrogens is 533 g/mol. The Balaban J connectivity index is 1.44. The first kappa shape index (κ1) is 28.1. The van der Waals surface area contributed by atoms with Gasteiger partial charge in [-0.25, -0.2) is 4.98 Å². The van der Waals surface area contributed by atoms with Gasteiger partial charge in [0.15, 0.2) is 11.4 Å². The van der Waals surface area contributed by atoms with Gasteiger partial charge in [-0.2, -0.15) is 0 Å². The van der Waals surface area contributed by atoms with E-state index in [2.05, 4.69) is 10.3 Å². The highest BCUT2D eigenvalue weighted by atomic mass is 35.5. The number of carbonyl (C=O) groups excluding carboxylic acids is 1. The molecule has 3 N–H and O–H groups in total. The lowest BCUT2D eigenvalue weighted by Crippen LogP contribution is -2.32. The summed E-state index contributed by atoms with van der Waals surface area (Å²) in [7, 11) is 0. The zero-order valence-corrected chi connectivity index (χ0v) is 22.1. The fraction of sp³-hybridized carbons (Fsp3) is 0.370. The Hall–Kier alpha value is -2.95. The summed E-state index contributed by atoms with van der Waals surface area (Å²) in [4.78, 5) is 26.6. The highest BCUT2D eigenvalue weighted by molar-refractivity contribution is 6.40. The molecule has 2 heterocycles. The standard InChI is InChI=1S/C27H29Cl2N3O6/c28-25-26(29)32(16-31-25)14-21-12-22(19-8-6-18(15-33)7-9-19)38-27(37-21)20-10-4-17(5-11-20)13-30-23(34)2-1-3-24(35)36/h4-11,16,21-22,27,33H,1-3,12-15H2,(H,30,34)(H,35,36)/t21-,22+,27+/m0/s1. The van der Waals surface area contributed by atoms with Gasteiger partial charge in [-0.15, -0.1) is 0 Å². The van der Waals surface area contributed by atoms with Gasteiger partial charge >= 0.3 is 5.97 Å². The summed E-state index contributed by atoms with van der Waals surface area (Å²) in [6.07, 6.45) is 1.45. The summed E-state index contributed by atoms with van der Waals surface area (Å²) in [5, 5.41) is 21.5. The van der Waals surface area contributed by atoms with Crippen molar-refractivity contribution in [3.8, 4) is 0 Å². The first-order chi connectivity index (χ1) is 18.3. The number of imidazole rings is 1. The van der Waals surface area contributed by atoms with Crippen LogP contribution in [0, 0.1) is 0 Å². The number of carboxylic acid groups (broad SMARTS) is 1. The zero-order chi connectivity index (χ0) is 27.1. The first-order valence-corrected chi connectivity index (χ1v) is 13.0. The van der Waals surface area contributed by atoms with E-state index < -0.39 is 12.3 Å². The second-order valence-electron chi connectivity index (χ2n) is 9.09. The Bertz CT molecular complexity index is 1230. The van der Waals surface area contributed by atoms with Crippen molar-refractivity contribution >= 4 is 35.1 Å². The number of nitrogens with zero attached hydrogens (tertiary/aromatic N) is 2. The van der Waals surface area contributed by atoms with Crippen molar-refractivity contribution in [3.05, 3.63) is 87.4 Å². The molecule has 0 spiro atoms. The molecular formula is C27H29Cl2N3O6. The number of aliphatic hydroxyl groups excluding tert-OH is 1. The molecule has 1 aliphatic rings. The number of benzene rings is 2. The lowest BCUT2D eigenvalue weighted by molar-refractivity contribution is -0.252. The van der Waals surface area contributed by atoms with Gasteiger partial charge in [0.25, 0.3) is 0 Å². The first-order valence-electron chi connectivity index (χ1n) is 12.3. The summed E-state index contributed by atoms with van der Waals surface area (Å²) in [6.45, 7) is 0.742. The molecule has 3 aromatic rings. The third-order valence-electron chi connectivity index (χ3n) is 6.28. The molecule has 0 radical (unpaired) electrons. The minimum absolute atomic E-state index is 0.0306. The van der Waals surface area contributed by atoms with Gasteiger partial charge in [0, 0.05) is 31.4 Å². The van der Waals surface area contributed by atoms with Crippen molar-refractivity contribution in [3.63, 3.8) is 0 Å². The van der Waals surface area contributed by atoms with Crippen LogP contribution in [0.15, 0.2) is 54.9 Å². The molecule has 3 atom stereocenters. The number of hydrogen-bond donors (Lipinski definition) is 3. The van der Waals surface area contributed by atoms with Gasteiger partial charge in [-0.05, 0) is 23.1 Å². The molecule has 202 valence electrons. The van der Waals surface area contributed by atoms with E-state index in [9.17, 15) is 14.7 Å². The number of amides is 1. The van der Waals surface area contributed by atoms with E-state index >= 15 is 0 Å². The van der Waals surface area contributed by atoms with Crippen LogP contribution in [0.2, 0.25) is 10.3 Å². The van der Waals surface area contributed by atoms with E-state index in [1.54, 1.807) is 10.9 Å². The van der Waals surface area contributed by atoms with Crippen LogP contribution in [0.3, 0.4) is 0 Å². The minimum atomic E-state index is -0.913. The molecule has 1 aromatic heterocycles. The average Bonchev–Trinajstić information content (AvgIpc) is 3.24. The van der Waals surface area contributed by atoms with Crippen LogP contribution in [0.5, 0.6) is 0 Å². The van der Waals surface area contributed by atoms with E-state index in [-0.39, 0.29) is 42.7 Å². The van der Waals surface area contributed by atoms with Crippen molar-refractivity contribution in [1.82, 2.24) is 14.9 Å². The molecule has 1 fully saturated rings. The fourth-order valence-corrected chi connectivity index (χ4v) is 4.52. The maximum absolute atomic E-state index is 12.0. The van der Waals surface area contributed by atoms with E-state index in [1.807, 2.05) is 48.5 Å². The summed E-state index contributed by atoms with van der Waals surface area (Å²) in [5.41, 5.74) is 3.50. The number of carboxylic acids is 1. The van der Waals surface area contributed by atoms with Crippen LogP contribution in [0.1, 0.15) is 60.3 Å². The number of aromatic nitrogens is 2. The molecule has 2 aromatic carbocycles. The van der Waals surface area contributed by atoms with Crippen molar-refractivity contribution in [2.45, 2.75) is 63.9 Å². The summed E-state index contributed by atoms with van der Waals surface area (Å²) < 4.78 is 14.4. The van der Waals surface area contributed by atoms with Gasteiger partial charge in [0.1, 0.15) is 5.15 Å². The largest absolute Gasteiger partial charge is 0.481 e. The summed E-state index contributed by atoms with van der Waals surface area (Å²) in [5.74, 6) is -1.10. The van der Waals surface area contributed by atoms with Crippen molar-refractivity contribution in [2.24, 2.45) is 0 Å². The smallest absolute Gasteiger partial charge is 0.303 e. The predicted octanol–water partition coefficient (Wildman–Crippen LogP) is 4.80. The van der Waals surface area contributed by atoms with E-state index in [1.165, 1.54) is 0 Å². The Kier molecular flexibility index (Phi) is 9.76. The van der Waals surface area contributed by atoms with Crippen molar-refractivity contribution < 1.29 is 29.3 Å². The van der Waals surface area contributed by atoms with Crippen LogP contribution in [-0.2, 0) is 38.8 Å². The van der Waals surface area contributed by atoms with Gasteiger partial charge in [-0.1, -0.05) is 71.7 Å². The lowest BCUT2D eigenvalue weighted by atomic mass is 10.00. The molecule has 11 heteroatoms. The van der Waals surface area contributed by atoms with E-state index in [0.717, 1.165) is 22.3 Å². The number of rotatable bonds is 11. The molecule has 0 aliphatic carbocycles. The minimum Gasteiger partial charge on any atom is -0.481 e. The number of nitrogens with one attached hydrogen (secondary N) is 1. The maximum atomic E-state index is 12.0. The second-order valence-corrected chi connectivity index (χ2v) is 9.81. The van der Waals surface area contributed by atoms with E-state index in [0.29, 0.717) is 31.1 Å². The average molecular weight is 562 g/mol. The molecule has 1 aliphatic heterocycles. The molecule has 0 saturated carbocycles. The number of aliphatic hydroxyl groups is 1.